The van der Waals surface area contributed by atoms with Gasteiger partial charge in [0.25, 0.3) is 0 Å². The molecule has 0 saturated heterocycles. The van der Waals surface area contributed by atoms with Crippen LogP contribution in [0.3, 0.4) is 0 Å². The second-order valence-electron chi connectivity index (χ2n) is 4.17. The molecule has 0 aromatic rings. The maximum atomic E-state index is 8.07. The summed E-state index contributed by atoms with van der Waals surface area (Å²) in [5.41, 5.74) is 0. The predicted molar refractivity (Wildman–Crippen MR) is 282 cm³/mol. The van der Waals surface area contributed by atoms with Crippen LogP contribution in [-0.4, -0.2) is 60.7 Å². The normalized spacial score (nSPS) is 3.61. The van der Waals surface area contributed by atoms with Crippen molar-refractivity contribution in [1.29, 1.82) is 0 Å². The average Bonchev–Trinajstić information content (AvgIpc) is 2.83. The molecule has 56 heavy (non-hydrogen) atoms. The van der Waals surface area contributed by atoms with Gasteiger partial charge >= 0.3 is 0 Å². The molecule has 0 saturated carbocycles. The quantitative estimate of drug-likeness (QED) is 0.0817. The van der Waals surface area contributed by atoms with Gasteiger partial charge in [0.15, 0.2) is 0 Å². The number of carbonyl (C=O) groups excluding carboxylic acids is 2. The SMILES string of the molecule is C.C.C.C.C.C.C.C.C.C.C.C.C.C.C.C.C.C.C.C.C.C.C=C.C=C.C=O.C=O.CCCCO.CCCCO.CCCOO.CCCOO.[CH2-]C[CH2-].[U].[U].[U]. The summed E-state index contributed by atoms with van der Waals surface area (Å²) < 4.78 is 0. The van der Waals surface area contributed by atoms with Crippen LogP contribution in [-0.2, 0) is 19.4 Å². The Hall–Kier alpha value is 1.74. The van der Waals surface area contributed by atoms with Crippen LogP contribution >= 0.6 is 0 Å². The van der Waals surface area contributed by atoms with E-state index >= 15 is 0 Å². The van der Waals surface area contributed by atoms with E-state index in [4.69, 9.17) is 30.3 Å². The van der Waals surface area contributed by atoms with Crippen molar-refractivity contribution >= 4 is 13.6 Å². The number of carbonyl (C=O) groups is 2. The summed E-state index contributed by atoms with van der Waals surface area (Å²) in [5.74, 6) is 0. The van der Waals surface area contributed by atoms with E-state index in [1.807, 2.05) is 27.4 Å². The molecule has 4 N–H and O–H groups in total. The Balaban J connectivity index is -0.00000000293. The van der Waals surface area contributed by atoms with Crippen LogP contribution in [0.25, 0.3) is 0 Å². The Kier molecular flexibility index (Phi) is 4780. The van der Waals surface area contributed by atoms with Crippen molar-refractivity contribution in [3.8, 4) is 0 Å². The molecule has 0 heterocycles. The summed E-state index contributed by atoms with van der Waals surface area (Å²) in [6.45, 7) is 32.3. The molecule has 8 nitrogen and oxygen atoms in total. The zero-order chi connectivity index (χ0) is 27.2. The van der Waals surface area contributed by atoms with Crippen molar-refractivity contribution in [1.82, 2.24) is 0 Å². The third-order valence-electron chi connectivity index (χ3n) is 1.61. The maximum Gasteiger partial charge on any atom is 0.106 e. The van der Waals surface area contributed by atoms with Crippen LogP contribution in [0.5, 0.6) is 0 Å². The first-order valence-corrected chi connectivity index (χ1v) is 9.98. The number of unbranched alkanes of at least 4 members (excludes halogenated alkanes) is 2. The fraction of sp³-hybridized carbons (Fsp3) is 0.822. The first-order chi connectivity index (χ1) is 15.1. The van der Waals surface area contributed by atoms with E-state index in [-0.39, 0.29) is 257 Å². The Morgan fingerprint density at radius 2 is 0.482 bits per heavy atom. The molecule has 0 aliphatic heterocycles. The molecule has 0 fully saturated rings. The first-order valence-electron chi connectivity index (χ1n) is 9.98. The van der Waals surface area contributed by atoms with Crippen molar-refractivity contribution < 1.29 is 133 Å². The van der Waals surface area contributed by atoms with Crippen LogP contribution in [0.15, 0.2) is 26.3 Å². The fourth-order valence-corrected chi connectivity index (χ4v) is 0.499. The number of hydrogen-bond donors (Lipinski definition) is 4. The van der Waals surface area contributed by atoms with Crippen molar-refractivity contribution in [3.63, 3.8) is 0 Å². The molecule has 0 bridgehead atoms. The third-order valence-corrected chi connectivity index (χ3v) is 1.61. The predicted octanol–water partition coefficient (Wildman–Crippen LogP) is 19.6. The van der Waals surface area contributed by atoms with Gasteiger partial charge in [-0.1, -0.05) is 204 Å². The summed E-state index contributed by atoms with van der Waals surface area (Å²) >= 11 is 0. The van der Waals surface area contributed by atoms with Gasteiger partial charge in [-0.25, -0.2) is 9.78 Å². The third kappa shape index (κ3) is 1760. The smallest absolute Gasteiger partial charge is 0.106 e. The van der Waals surface area contributed by atoms with Crippen molar-refractivity contribution in [2.24, 2.45) is 0 Å². The van der Waals surface area contributed by atoms with E-state index < -0.39 is 0 Å². The van der Waals surface area contributed by atoms with Gasteiger partial charge in [0.05, 0.1) is 13.2 Å². The van der Waals surface area contributed by atoms with E-state index in [1.165, 1.54) is 0 Å². The largest absolute Gasteiger partial charge is 0.396 e. The van der Waals surface area contributed by atoms with Gasteiger partial charge in [0.1, 0.15) is 13.6 Å². The molecule has 0 rings (SSSR count). The Bertz CT molecular complexity index is 148. The van der Waals surface area contributed by atoms with E-state index in [1.54, 1.807) is 0 Å². The molecule has 0 aliphatic carbocycles. The molecule has 0 atom stereocenters. The Morgan fingerprint density at radius 1 is 0.375 bits per heavy atom. The number of aliphatic hydroxyl groups excluding tert-OH is 2. The molecule has 384 valence electrons. The number of hydrogen-bond acceptors (Lipinski definition) is 8. The Labute approximate surface area is 445 Å². The molecule has 0 aliphatic rings. The van der Waals surface area contributed by atoms with Gasteiger partial charge in [-0.2, -0.15) is 0 Å². The zero-order valence-electron chi connectivity index (χ0n) is 22.4. The van der Waals surface area contributed by atoms with Gasteiger partial charge in [0, 0.05) is 107 Å². The zero-order valence-corrected chi connectivity index (χ0v) is 34.8. The van der Waals surface area contributed by atoms with Gasteiger partial charge in [-0.3, -0.25) is 10.5 Å². The fourth-order valence-electron chi connectivity index (χ4n) is 0.499. The average molecular weight is 1530 g/mol. The number of rotatable bonds is 8. The van der Waals surface area contributed by atoms with Crippen molar-refractivity contribution in [2.75, 3.05) is 26.4 Å². The molecular weight excluding hydrogens is 1380 g/mol. The van der Waals surface area contributed by atoms with Crippen LogP contribution in [0.1, 0.15) is 236 Å². The van der Waals surface area contributed by atoms with Crippen LogP contribution in [0, 0.1) is 107 Å². The monoisotopic (exact) mass is 1530 g/mol. The first kappa shape index (κ1) is 330. The van der Waals surface area contributed by atoms with Gasteiger partial charge in [-0.05, 0) is 25.7 Å². The topological polar surface area (TPSA) is 134 Å². The summed E-state index contributed by atoms with van der Waals surface area (Å²) in [4.78, 5) is 23.4. The second-order valence-corrected chi connectivity index (χ2v) is 4.17. The minimum Gasteiger partial charge on any atom is -0.396 e. The van der Waals surface area contributed by atoms with E-state index in [9.17, 15) is 0 Å². The van der Waals surface area contributed by atoms with Crippen molar-refractivity contribution in [2.45, 2.75) is 236 Å². The van der Waals surface area contributed by atoms with Crippen LogP contribution in [0.4, 0.5) is 0 Å². The van der Waals surface area contributed by atoms with Crippen molar-refractivity contribution in [3.05, 3.63) is 40.2 Å². The summed E-state index contributed by atoms with van der Waals surface area (Å²) in [7, 11) is 0. The van der Waals surface area contributed by atoms with Gasteiger partial charge in [-0.15, -0.1) is 26.3 Å². The minimum absolute atomic E-state index is 0. The molecule has 0 aromatic carbocycles. The van der Waals surface area contributed by atoms with E-state index in [0.29, 0.717) is 26.4 Å². The van der Waals surface area contributed by atoms with E-state index in [0.717, 1.165) is 44.9 Å². The number of aliphatic hydroxyl groups is 2. The molecule has 11 heteroatoms. The molecule has 0 radical (unpaired) electrons. The van der Waals surface area contributed by atoms with Crippen LogP contribution < -0.4 is 0 Å². The molecule has 0 unspecified atom stereocenters. The molecular formula is C45H142O8U3-2. The molecule has 0 amide bonds. The summed E-state index contributed by atoms with van der Waals surface area (Å²) in [6.07, 6.45) is 6.57. The maximum absolute atomic E-state index is 8.07. The standard InChI is InChI=1S/2C4H10O.2C3H8O2.C3H6.2C2H4.2CH2O.22CH4.3U/c2*1-2-3-4-5;2*1-2-3-5-4;1-3-2;4*1-2;;;;;;;;;;;;;;;;;;;;;;;;;/h2*5H,2-4H2,1H3;2*4H,2-3H2,1H3;1-3H2;2*1-2H2;2*1H2;22*1H4;;;/q;;;;-2;;;;;;;;;;;;;;;;;;;;;;;;;;;;;. The van der Waals surface area contributed by atoms with Crippen LogP contribution in [0.2, 0.25) is 0 Å². The summed E-state index contributed by atoms with van der Waals surface area (Å²) in [5, 5.41) is 31.3. The molecule has 0 aromatic heterocycles. The minimum atomic E-state index is 0. The van der Waals surface area contributed by atoms with E-state index in [2.05, 4.69) is 63.8 Å². The summed E-state index contributed by atoms with van der Waals surface area (Å²) in [6, 6.07) is 0. The second kappa shape index (κ2) is 812. The molecule has 0 spiro atoms. The Morgan fingerprint density at radius 3 is 0.482 bits per heavy atom. The van der Waals surface area contributed by atoms with Gasteiger partial charge in [0.2, 0.25) is 0 Å². The van der Waals surface area contributed by atoms with Gasteiger partial charge < -0.3 is 40.1 Å².